The summed E-state index contributed by atoms with van der Waals surface area (Å²) in [5.74, 6) is -1.03. The third-order valence-electron chi connectivity index (χ3n) is 3.59. The highest BCUT2D eigenvalue weighted by Gasteiger charge is 2.39. The lowest BCUT2D eigenvalue weighted by molar-refractivity contribution is -0.155. The van der Waals surface area contributed by atoms with E-state index in [0.29, 0.717) is 5.56 Å². The van der Waals surface area contributed by atoms with Crippen LogP contribution in [0.1, 0.15) is 32.1 Å². The zero-order chi connectivity index (χ0) is 19.3. The smallest absolute Gasteiger partial charge is 0.351 e. The van der Waals surface area contributed by atoms with Crippen LogP contribution in [0.4, 0.5) is 5.82 Å². The van der Waals surface area contributed by atoms with Crippen LogP contribution in [0, 0.1) is 0 Å². The van der Waals surface area contributed by atoms with Gasteiger partial charge >= 0.3 is 17.6 Å². The lowest BCUT2D eigenvalue weighted by Crippen LogP contribution is -2.31. The second kappa shape index (κ2) is 8.92. The molecule has 1 aromatic rings. The monoisotopic (exact) mass is 431 g/mol. The number of carbonyl (C=O) groups excluding carboxylic acids is 2. The Balaban J connectivity index is 2.30. The molecule has 11 heteroatoms. The van der Waals surface area contributed by atoms with Crippen molar-refractivity contribution < 1.29 is 29.0 Å². The van der Waals surface area contributed by atoms with Gasteiger partial charge in [0.2, 0.25) is 0 Å². The van der Waals surface area contributed by atoms with Crippen molar-refractivity contribution in [1.29, 1.82) is 0 Å². The van der Waals surface area contributed by atoms with Gasteiger partial charge in [-0.2, -0.15) is 4.98 Å². The Kier molecular flexibility index (Phi) is 6.89. The molecule has 0 unspecified atom stereocenters. The molecule has 3 atom stereocenters. The summed E-state index contributed by atoms with van der Waals surface area (Å²) in [5, 5.41) is 9.08. The standard InChI is InChI=1S/C15H18BrN3O7/c1-8(20)24-7-12-11(25-9(2)21)5-13(26-12)19-6-10(3-4-16)14(18-23)17-15(19)22/h3-4,6,11-13,23H,5,7H2,1-2H3,(H,17,18,22)/t11-,12+,13+/m0/s1. The lowest BCUT2D eigenvalue weighted by atomic mass is 10.2. The van der Waals surface area contributed by atoms with Crippen LogP contribution in [0.5, 0.6) is 0 Å². The summed E-state index contributed by atoms with van der Waals surface area (Å²) in [6.45, 7) is 2.39. The molecule has 1 aromatic heterocycles. The van der Waals surface area contributed by atoms with Crippen molar-refractivity contribution in [3.8, 4) is 0 Å². The minimum Gasteiger partial charge on any atom is -0.463 e. The zero-order valence-electron chi connectivity index (χ0n) is 14.0. The Labute approximate surface area is 156 Å². The molecule has 1 fully saturated rings. The van der Waals surface area contributed by atoms with Gasteiger partial charge in [0, 0.05) is 32.0 Å². The molecular weight excluding hydrogens is 414 g/mol. The van der Waals surface area contributed by atoms with E-state index in [-0.39, 0.29) is 18.8 Å². The van der Waals surface area contributed by atoms with E-state index in [1.54, 1.807) is 6.08 Å². The van der Waals surface area contributed by atoms with E-state index in [1.165, 1.54) is 29.6 Å². The van der Waals surface area contributed by atoms with Crippen molar-refractivity contribution in [2.24, 2.45) is 0 Å². The van der Waals surface area contributed by atoms with Crippen LogP contribution in [0.2, 0.25) is 0 Å². The molecule has 0 saturated carbocycles. The number of nitrogens with zero attached hydrogens (tertiary/aromatic N) is 2. The van der Waals surface area contributed by atoms with Crippen molar-refractivity contribution in [1.82, 2.24) is 9.55 Å². The summed E-state index contributed by atoms with van der Waals surface area (Å²) in [6.07, 6.45) is 0.998. The molecule has 0 amide bonds. The molecule has 0 spiro atoms. The molecule has 10 nitrogen and oxygen atoms in total. The highest BCUT2D eigenvalue weighted by Crippen LogP contribution is 2.31. The summed E-state index contributed by atoms with van der Waals surface area (Å²) in [6, 6.07) is 0. The number of carbonyl (C=O) groups is 2. The predicted octanol–water partition coefficient (Wildman–Crippen LogP) is 1.19. The molecule has 2 N–H and O–H groups in total. The van der Waals surface area contributed by atoms with Gasteiger partial charge in [0.05, 0.1) is 0 Å². The molecule has 0 radical (unpaired) electrons. The number of halogens is 1. The largest absolute Gasteiger partial charge is 0.463 e. The van der Waals surface area contributed by atoms with Crippen LogP contribution in [-0.4, -0.2) is 45.5 Å². The van der Waals surface area contributed by atoms with Gasteiger partial charge in [-0.1, -0.05) is 15.9 Å². The fourth-order valence-corrected chi connectivity index (χ4v) is 2.81. The molecule has 2 heterocycles. The van der Waals surface area contributed by atoms with Crippen LogP contribution in [0.3, 0.4) is 0 Å². The molecule has 26 heavy (non-hydrogen) atoms. The van der Waals surface area contributed by atoms with Crippen LogP contribution in [-0.2, 0) is 23.8 Å². The summed E-state index contributed by atoms with van der Waals surface area (Å²) >= 11 is 3.11. The fraction of sp³-hybridized carbons (Fsp3) is 0.467. The number of rotatable bonds is 6. The third-order valence-corrected chi connectivity index (χ3v) is 3.85. The number of anilines is 1. The number of aromatic nitrogens is 2. The minimum absolute atomic E-state index is 0.0204. The minimum atomic E-state index is -0.782. The Bertz CT molecular complexity index is 764. The van der Waals surface area contributed by atoms with Gasteiger partial charge in [-0.3, -0.25) is 24.8 Å². The second-order valence-electron chi connectivity index (χ2n) is 5.45. The average molecular weight is 432 g/mol. The maximum atomic E-state index is 12.2. The van der Waals surface area contributed by atoms with E-state index in [1.807, 2.05) is 5.48 Å². The Morgan fingerprint density at radius 3 is 2.81 bits per heavy atom. The molecule has 0 aromatic carbocycles. The van der Waals surface area contributed by atoms with Crippen molar-refractivity contribution >= 4 is 39.8 Å². The first-order chi connectivity index (χ1) is 12.3. The molecule has 0 aliphatic carbocycles. The summed E-state index contributed by atoms with van der Waals surface area (Å²) < 4.78 is 17.1. The first-order valence-electron chi connectivity index (χ1n) is 7.61. The quantitative estimate of drug-likeness (QED) is 0.503. The highest BCUT2D eigenvalue weighted by atomic mass is 79.9. The summed E-state index contributed by atoms with van der Waals surface area (Å²) in [5.41, 5.74) is 1.59. The maximum absolute atomic E-state index is 12.2. The fourth-order valence-electron chi connectivity index (χ4n) is 2.53. The predicted molar refractivity (Wildman–Crippen MR) is 92.6 cm³/mol. The van der Waals surface area contributed by atoms with Crippen molar-refractivity contribution in [3.63, 3.8) is 0 Å². The number of nitrogens with one attached hydrogen (secondary N) is 1. The Morgan fingerprint density at radius 1 is 1.50 bits per heavy atom. The van der Waals surface area contributed by atoms with Crippen LogP contribution >= 0.6 is 15.9 Å². The number of hydrogen-bond acceptors (Lipinski definition) is 9. The molecule has 1 aliphatic rings. The van der Waals surface area contributed by atoms with E-state index in [9.17, 15) is 14.4 Å². The van der Waals surface area contributed by atoms with E-state index < -0.39 is 36.1 Å². The van der Waals surface area contributed by atoms with Gasteiger partial charge in [-0.05, 0) is 11.1 Å². The number of esters is 2. The Morgan fingerprint density at radius 2 is 2.23 bits per heavy atom. The first kappa shape index (κ1) is 20.1. The van der Waals surface area contributed by atoms with E-state index in [2.05, 4.69) is 20.9 Å². The van der Waals surface area contributed by atoms with Crippen molar-refractivity contribution in [2.75, 3.05) is 12.1 Å². The summed E-state index contributed by atoms with van der Waals surface area (Å²) in [7, 11) is 0. The Hall–Kier alpha value is -2.24. The van der Waals surface area contributed by atoms with Crippen molar-refractivity contribution in [3.05, 3.63) is 27.2 Å². The SMILES string of the molecule is CC(=O)OC[C@H]1O[C@@H](n2cc(C=CBr)c(NO)nc2=O)C[C@@H]1OC(C)=O. The van der Waals surface area contributed by atoms with Crippen LogP contribution in [0.25, 0.3) is 6.08 Å². The first-order valence-corrected chi connectivity index (χ1v) is 8.53. The van der Waals surface area contributed by atoms with Gasteiger partial charge < -0.3 is 14.2 Å². The van der Waals surface area contributed by atoms with Crippen LogP contribution < -0.4 is 11.2 Å². The van der Waals surface area contributed by atoms with Gasteiger partial charge in [-0.25, -0.2) is 4.79 Å². The number of hydrogen-bond donors (Lipinski definition) is 2. The van der Waals surface area contributed by atoms with Crippen molar-refractivity contribution in [2.45, 2.75) is 38.7 Å². The summed E-state index contributed by atoms with van der Waals surface area (Å²) in [4.78, 5) is 39.8. The normalized spacial score (nSPS) is 22.4. The molecule has 142 valence electrons. The molecule has 1 aliphatic heterocycles. The third kappa shape index (κ3) is 4.90. The van der Waals surface area contributed by atoms with Crippen LogP contribution in [0.15, 0.2) is 16.0 Å². The second-order valence-corrected chi connectivity index (χ2v) is 5.98. The zero-order valence-corrected chi connectivity index (χ0v) is 15.6. The topological polar surface area (TPSA) is 129 Å². The lowest BCUT2D eigenvalue weighted by Gasteiger charge is -2.18. The van der Waals surface area contributed by atoms with Gasteiger partial charge in [0.1, 0.15) is 25.0 Å². The molecular formula is C15H18BrN3O7. The number of ether oxygens (including phenoxy) is 3. The van der Waals surface area contributed by atoms with E-state index >= 15 is 0 Å². The van der Waals surface area contributed by atoms with E-state index in [0.717, 1.165) is 0 Å². The van der Waals surface area contributed by atoms with Gasteiger partial charge in [0.25, 0.3) is 0 Å². The molecule has 2 rings (SSSR count). The highest BCUT2D eigenvalue weighted by molar-refractivity contribution is 9.11. The molecule has 1 saturated heterocycles. The van der Waals surface area contributed by atoms with E-state index in [4.69, 9.17) is 19.4 Å². The molecule has 0 bridgehead atoms. The van der Waals surface area contributed by atoms with Gasteiger partial charge in [0.15, 0.2) is 5.82 Å². The average Bonchev–Trinajstić information content (AvgIpc) is 2.96. The van der Waals surface area contributed by atoms with Gasteiger partial charge in [-0.15, -0.1) is 0 Å². The maximum Gasteiger partial charge on any atom is 0.351 e.